The molecule has 2 fully saturated rings. The van der Waals surface area contributed by atoms with E-state index in [1.807, 2.05) is 19.1 Å². The average Bonchev–Trinajstić information content (AvgIpc) is 3.26. The Hall–Kier alpha value is -0.900. The predicted octanol–water partition coefficient (Wildman–Crippen LogP) is 4.16. The van der Waals surface area contributed by atoms with E-state index in [0.717, 1.165) is 68.2 Å². The van der Waals surface area contributed by atoms with Gasteiger partial charge >= 0.3 is 0 Å². The number of rotatable bonds is 8. The molecule has 0 aliphatic heterocycles. The van der Waals surface area contributed by atoms with Gasteiger partial charge in [-0.1, -0.05) is 19.4 Å². The molecule has 0 spiro atoms. The molecule has 1 aromatic heterocycles. The zero-order chi connectivity index (χ0) is 20.5. The van der Waals surface area contributed by atoms with E-state index in [1.54, 1.807) is 6.20 Å². The minimum atomic E-state index is -0.717. The lowest BCUT2D eigenvalue weighted by Gasteiger charge is -2.30. The lowest BCUT2D eigenvalue weighted by atomic mass is 9.95. The van der Waals surface area contributed by atoms with Crippen molar-refractivity contribution in [2.45, 2.75) is 89.2 Å². The Bertz CT molecular complexity index is 697. The van der Waals surface area contributed by atoms with Gasteiger partial charge in [0.2, 0.25) is 5.88 Å². The first-order valence-corrected chi connectivity index (χ1v) is 12.6. The van der Waals surface area contributed by atoms with Crippen LogP contribution in [0.2, 0.25) is 0 Å². The highest BCUT2D eigenvalue weighted by atomic mass is 127. The summed E-state index contributed by atoms with van der Waals surface area (Å²) in [6.45, 7) is 5.42. The van der Waals surface area contributed by atoms with E-state index >= 15 is 0 Å². The second kappa shape index (κ2) is 13.5. The van der Waals surface area contributed by atoms with Crippen LogP contribution in [-0.2, 0) is 17.3 Å². The van der Waals surface area contributed by atoms with Crippen molar-refractivity contribution in [1.82, 2.24) is 15.6 Å². The van der Waals surface area contributed by atoms with Crippen LogP contribution < -0.4 is 15.4 Å². The van der Waals surface area contributed by atoms with Crippen LogP contribution in [0.1, 0.15) is 70.8 Å². The maximum atomic E-state index is 12.2. The van der Waals surface area contributed by atoms with Crippen LogP contribution in [0, 0.1) is 0 Å². The Morgan fingerprint density at radius 1 is 1.23 bits per heavy atom. The molecule has 3 unspecified atom stereocenters. The number of ether oxygens (including phenoxy) is 1. The van der Waals surface area contributed by atoms with Gasteiger partial charge in [-0.2, -0.15) is 0 Å². The van der Waals surface area contributed by atoms with E-state index in [-0.39, 0.29) is 30.1 Å². The molecule has 0 saturated heterocycles. The zero-order valence-electron chi connectivity index (χ0n) is 18.3. The van der Waals surface area contributed by atoms with Gasteiger partial charge in [-0.15, -0.1) is 24.0 Å². The van der Waals surface area contributed by atoms with Crippen LogP contribution in [0.3, 0.4) is 0 Å². The molecule has 2 aliphatic carbocycles. The number of guanidine groups is 1. The number of hydrogen-bond acceptors (Lipinski definition) is 4. The smallest absolute Gasteiger partial charge is 0.218 e. The van der Waals surface area contributed by atoms with Crippen molar-refractivity contribution in [1.29, 1.82) is 0 Å². The Kier molecular flexibility index (Phi) is 11.4. The highest BCUT2D eigenvalue weighted by Gasteiger charge is 2.26. The molecule has 2 N–H and O–H groups in total. The van der Waals surface area contributed by atoms with E-state index in [0.29, 0.717) is 17.8 Å². The Morgan fingerprint density at radius 3 is 2.77 bits per heavy atom. The SMILES string of the molecule is CCNC(=NCc1cccnc1OC1CCCC1)NC1CCCC(S(=O)CC)C1.I. The molecule has 2 saturated carbocycles. The van der Waals surface area contributed by atoms with Crippen LogP contribution in [-0.4, -0.2) is 44.8 Å². The van der Waals surface area contributed by atoms with Crippen molar-refractivity contribution in [2.24, 2.45) is 4.99 Å². The van der Waals surface area contributed by atoms with Crippen molar-refractivity contribution in [3.63, 3.8) is 0 Å². The van der Waals surface area contributed by atoms with Gasteiger partial charge in [0.25, 0.3) is 0 Å². The zero-order valence-corrected chi connectivity index (χ0v) is 21.4. The lowest BCUT2D eigenvalue weighted by Crippen LogP contribution is -2.46. The van der Waals surface area contributed by atoms with Crippen molar-refractivity contribution in [2.75, 3.05) is 12.3 Å². The topological polar surface area (TPSA) is 75.6 Å². The minimum Gasteiger partial charge on any atom is -0.474 e. The quantitative estimate of drug-likeness (QED) is 0.290. The molecule has 2 aliphatic rings. The fourth-order valence-electron chi connectivity index (χ4n) is 4.24. The van der Waals surface area contributed by atoms with E-state index in [9.17, 15) is 4.21 Å². The molecule has 3 atom stereocenters. The molecule has 0 radical (unpaired) electrons. The fraction of sp³-hybridized carbons (Fsp3) is 0.727. The van der Waals surface area contributed by atoms with Gasteiger partial charge in [0.05, 0.1) is 6.54 Å². The van der Waals surface area contributed by atoms with Gasteiger partial charge in [-0.05, 0) is 57.9 Å². The third-order valence-corrected chi connectivity index (χ3v) is 7.55. The van der Waals surface area contributed by atoms with Gasteiger partial charge in [-0.3, -0.25) is 4.21 Å². The van der Waals surface area contributed by atoms with Gasteiger partial charge in [0.1, 0.15) is 6.10 Å². The number of nitrogens with one attached hydrogen (secondary N) is 2. The molecular formula is C22H37IN4O2S. The fourth-order valence-corrected chi connectivity index (χ4v) is 5.59. The highest BCUT2D eigenvalue weighted by molar-refractivity contribution is 14.0. The molecule has 1 aromatic rings. The summed E-state index contributed by atoms with van der Waals surface area (Å²) in [5, 5.41) is 7.23. The van der Waals surface area contributed by atoms with Crippen LogP contribution in [0.4, 0.5) is 0 Å². The molecule has 170 valence electrons. The van der Waals surface area contributed by atoms with Crippen LogP contribution in [0.25, 0.3) is 0 Å². The summed E-state index contributed by atoms with van der Waals surface area (Å²) in [5.74, 6) is 2.28. The molecule has 0 aromatic carbocycles. The molecular weight excluding hydrogens is 511 g/mol. The lowest BCUT2D eigenvalue weighted by molar-refractivity contribution is 0.199. The van der Waals surface area contributed by atoms with E-state index in [4.69, 9.17) is 9.73 Å². The Balaban J connectivity index is 0.00000320. The van der Waals surface area contributed by atoms with Crippen molar-refractivity contribution in [3.8, 4) is 5.88 Å². The molecule has 0 amide bonds. The van der Waals surface area contributed by atoms with E-state index in [2.05, 4.69) is 22.5 Å². The number of hydrogen-bond donors (Lipinski definition) is 2. The first-order valence-electron chi connectivity index (χ1n) is 11.2. The number of nitrogens with zero attached hydrogens (tertiary/aromatic N) is 2. The third kappa shape index (κ3) is 7.66. The maximum Gasteiger partial charge on any atom is 0.218 e. The number of pyridine rings is 1. The van der Waals surface area contributed by atoms with E-state index < -0.39 is 10.8 Å². The minimum absolute atomic E-state index is 0. The normalized spacial score (nSPS) is 23.5. The van der Waals surface area contributed by atoms with Gasteiger partial charge < -0.3 is 15.4 Å². The third-order valence-electron chi connectivity index (χ3n) is 5.81. The highest BCUT2D eigenvalue weighted by Crippen LogP contribution is 2.26. The maximum absolute atomic E-state index is 12.2. The summed E-state index contributed by atoms with van der Waals surface area (Å²) >= 11 is 0. The molecule has 30 heavy (non-hydrogen) atoms. The van der Waals surface area contributed by atoms with Crippen LogP contribution in [0.5, 0.6) is 5.88 Å². The standard InChI is InChI=1S/C22H36N4O2S.HI/c1-3-23-22(26-18-10-7-13-20(15-18)29(27)4-2)25-16-17-9-8-14-24-21(17)28-19-11-5-6-12-19;/h8-9,14,18-20H,3-7,10-13,15-16H2,1-2H3,(H2,23,25,26);1H. The van der Waals surface area contributed by atoms with Crippen LogP contribution >= 0.6 is 24.0 Å². The summed E-state index contributed by atoms with van der Waals surface area (Å²) in [5.41, 5.74) is 1.02. The second-order valence-corrected chi connectivity index (χ2v) is 9.99. The monoisotopic (exact) mass is 548 g/mol. The molecule has 6 nitrogen and oxygen atoms in total. The van der Waals surface area contributed by atoms with Crippen molar-refractivity contribution >= 4 is 40.7 Å². The van der Waals surface area contributed by atoms with Gasteiger partial charge in [-0.25, -0.2) is 9.98 Å². The molecule has 8 heteroatoms. The summed E-state index contributed by atoms with van der Waals surface area (Å²) in [7, 11) is -0.717. The Labute approximate surface area is 200 Å². The number of aromatic nitrogens is 1. The first kappa shape index (κ1) is 25.4. The first-order chi connectivity index (χ1) is 14.2. The van der Waals surface area contributed by atoms with Crippen LogP contribution in [0.15, 0.2) is 23.3 Å². The van der Waals surface area contributed by atoms with Gasteiger partial charge in [0, 0.05) is 46.1 Å². The number of aliphatic imine (C=N–C) groups is 1. The van der Waals surface area contributed by atoms with Crippen molar-refractivity contribution in [3.05, 3.63) is 23.9 Å². The van der Waals surface area contributed by atoms with Gasteiger partial charge in [0.15, 0.2) is 5.96 Å². The summed E-state index contributed by atoms with van der Waals surface area (Å²) in [6, 6.07) is 4.31. The molecule has 3 rings (SSSR count). The molecule has 0 bridgehead atoms. The number of halogens is 1. The predicted molar refractivity (Wildman–Crippen MR) is 135 cm³/mol. The molecule has 1 heterocycles. The largest absolute Gasteiger partial charge is 0.474 e. The summed E-state index contributed by atoms with van der Waals surface area (Å²) < 4.78 is 18.4. The van der Waals surface area contributed by atoms with Crippen molar-refractivity contribution < 1.29 is 8.95 Å². The average molecular weight is 549 g/mol. The summed E-state index contributed by atoms with van der Waals surface area (Å²) in [4.78, 5) is 9.26. The second-order valence-electron chi connectivity index (χ2n) is 7.99. The van der Waals surface area contributed by atoms with E-state index in [1.165, 1.54) is 12.8 Å². The Morgan fingerprint density at radius 2 is 2.03 bits per heavy atom. The summed E-state index contributed by atoms with van der Waals surface area (Å²) in [6.07, 6.45) is 11.0.